The van der Waals surface area contributed by atoms with Crippen LogP contribution < -0.4 is 4.74 Å². The summed E-state index contributed by atoms with van der Waals surface area (Å²) in [5.41, 5.74) is 1.24. The molecule has 11 heteroatoms. The van der Waals surface area contributed by atoms with Crippen LogP contribution in [0, 0.1) is 11.8 Å². The predicted molar refractivity (Wildman–Crippen MR) is 193 cm³/mol. The van der Waals surface area contributed by atoms with Gasteiger partial charge in [-0.3, -0.25) is 19.4 Å². The molecule has 1 aromatic heterocycles. The van der Waals surface area contributed by atoms with Crippen molar-refractivity contribution in [1.29, 1.82) is 0 Å². The molecule has 2 saturated heterocycles. The summed E-state index contributed by atoms with van der Waals surface area (Å²) in [5, 5.41) is 0. The van der Waals surface area contributed by atoms with E-state index in [1.54, 1.807) is 29.4 Å². The van der Waals surface area contributed by atoms with E-state index in [0.29, 0.717) is 50.7 Å². The number of likely N-dealkylation sites (tertiary alicyclic amines) is 2. The molecule has 0 N–H and O–H groups in total. The van der Waals surface area contributed by atoms with Gasteiger partial charge in [0.05, 0.1) is 6.42 Å². The Morgan fingerprint density at radius 1 is 0.863 bits per heavy atom. The fourth-order valence-corrected chi connectivity index (χ4v) is 6.72. The lowest BCUT2D eigenvalue weighted by Crippen LogP contribution is -2.43. The van der Waals surface area contributed by atoms with Crippen LogP contribution in [-0.4, -0.2) is 89.2 Å². The van der Waals surface area contributed by atoms with Crippen molar-refractivity contribution in [2.24, 2.45) is 11.8 Å². The second kappa shape index (κ2) is 18.0. The van der Waals surface area contributed by atoms with Crippen molar-refractivity contribution < 1.29 is 37.8 Å². The number of aromatic nitrogens is 1. The van der Waals surface area contributed by atoms with Crippen LogP contribution in [0.5, 0.6) is 5.75 Å². The smallest absolute Gasteiger partial charge is 0.410 e. The SMILES string of the molecule is CC(C)(C)OC(=O)C[C@H](CC(=O)[C@@H]1CCCN(C(=O)CCC2CCN(C(=O)OC(C)(C)C)CC2)C1)c1cncc(-c2ccc(OCC[18F])cc2)c1. The number of amides is 2. The summed E-state index contributed by atoms with van der Waals surface area (Å²) in [4.78, 5) is 60.7. The van der Waals surface area contributed by atoms with Gasteiger partial charge in [0.15, 0.2) is 0 Å². The van der Waals surface area contributed by atoms with Crippen LogP contribution in [0.3, 0.4) is 0 Å². The van der Waals surface area contributed by atoms with Gasteiger partial charge in [-0.1, -0.05) is 12.1 Å². The molecule has 51 heavy (non-hydrogen) atoms. The zero-order chi connectivity index (χ0) is 37.2. The van der Waals surface area contributed by atoms with Crippen molar-refractivity contribution >= 4 is 23.8 Å². The van der Waals surface area contributed by atoms with Gasteiger partial charge in [-0.25, -0.2) is 9.18 Å². The highest BCUT2D eigenvalue weighted by Gasteiger charge is 2.33. The lowest BCUT2D eigenvalue weighted by Gasteiger charge is -2.35. The first kappa shape index (κ1) is 39.8. The average Bonchev–Trinajstić information content (AvgIpc) is 3.08. The second-order valence-electron chi connectivity index (χ2n) is 15.9. The normalized spacial score (nSPS) is 17.8. The topological polar surface area (TPSA) is 115 Å². The van der Waals surface area contributed by atoms with Crippen LogP contribution in [-0.2, 0) is 23.9 Å². The van der Waals surface area contributed by atoms with E-state index in [4.69, 9.17) is 14.2 Å². The molecule has 3 heterocycles. The number of esters is 1. The van der Waals surface area contributed by atoms with Crippen molar-refractivity contribution in [1.82, 2.24) is 14.8 Å². The molecule has 2 aliphatic rings. The van der Waals surface area contributed by atoms with Crippen LogP contribution >= 0.6 is 0 Å². The number of benzene rings is 1. The standard InChI is InChI=1S/C40H56FN3O7/c1-39(2,3)50-37(47)24-31(33-22-32(25-42-26-33)29-10-12-34(13-11-29)49-21-17-41)23-35(45)30-8-7-18-44(27-30)36(46)14-9-28-15-19-43(20-16-28)38(48)51-40(4,5)6/h10-13,22,25-26,28,30-31H,7-9,14-21,23-24,27H2,1-6H3/t30-,31+/m1/s1/i41-1. The molecule has 2 atom stereocenters. The molecule has 0 saturated carbocycles. The van der Waals surface area contributed by atoms with E-state index in [0.717, 1.165) is 42.4 Å². The molecule has 0 unspecified atom stereocenters. The predicted octanol–water partition coefficient (Wildman–Crippen LogP) is 7.54. The number of halogens is 1. The summed E-state index contributed by atoms with van der Waals surface area (Å²) in [6.07, 6.45) is 7.56. The number of nitrogens with zero attached hydrogens (tertiary/aromatic N) is 3. The van der Waals surface area contributed by atoms with Crippen LogP contribution in [0.4, 0.5) is 9.18 Å². The third-order valence-corrected chi connectivity index (χ3v) is 9.31. The molecule has 0 radical (unpaired) electrons. The summed E-state index contributed by atoms with van der Waals surface area (Å²) >= 11 is 0. The lowest BCUT2D eigenvalue weighted by molar-refractivity contribution is -0.155. The summed E-state index contributed by atoms with van der Waals surface area (Å²) in [7, 11) is 0. The second-order valence-corrected chi connectivity index (χ2v) is 15.9. The Bertz CT molecular complexity index is 1480. The number of ketones is 1. The first-order chi connectivity index (χ1) is 24.1. The third kappa shape index (κ3) is 12.9. The number of hydrogen-bond acceptors (Lipinski definition) is 8. The van der Waals surface area contributed by atoms with Gasteiger partial charge >= 0.3 is 12.1 Å². The van der Waals surface area contributed by atoms with E-state index < -0.39 is 29.8 Å². The summed E-state index contributed by atoms with van der Waals surface area (Å²) in [5.74, 6) is -0.147. The number of hydrogen-bond donors (Lipinski definition) is 0. The third-order valence-electron chi connectivity index (χ3n) is 9.31. The Morgan fingerprint density at radius 2 is 1.55 bits per heavy atom. The largest absolute Gasteiger partial charge is 0.491 e. The number of Topliss-reactive ketones (excluding diaryl/α,β-unsaturated/α-hetero) is 1. The Labute approximate surface area is 302 Å². The first-order valence-electron chi connectivity index (χ1n) is 18.3. The highest BCUT2D eigenvalue weighted by molar-refractivity contribution is 5.84. The fourth-order valence-electron chi connectivity index (χ4n) is 6.72. The van der Waals surface area contributed by atoms with E-state index in [1.165, 1.54) is 0 Å². The van der Waals surface area contributed by atoms with E-state index in [-0.39, 0.29) is 43.2 Å². The Morgan fingerprint density at radius 3 is 2.20 bits per heavy atom. The van der Waals surface area contributed by atoms with Crippen molar-refractivity contribution in [3.8, 4) is 16.9 Å². The fraction of sp³-hybridized carbons (Fsp3) is 0.625. The number of alkyl halides is 1. The lowest BCUT2D eigenvalue weighted by atomic mass is 9.84. The molecule has 2 fully saturated rings. The highest BCUT2D eigenvalue weighted by Crippen LogP contribution is 2.32. The summed E-state index contributed by atoms with van der Waals surface area (Å²) in [6, 6.07) is 9.21. The van der Waals surface area contributed by atoms with Crippen molar-refractivity contribution in [2.75, 3.05) is 39.5 Å². The van der Waals surface area contributed by atoms with E-state index in [9.17, 15) is 23.6 Å². The minimum absolute atomic E-state index is 0.0121. The molecule has 280 valence electrons. The van der Waals surface area contributed by atoms with Gasteiger partial charge in [0, 0.05) is 68.8 Å². The van der Waals surface area contributed by atoms with Crippen molar-refractivity contribution in [2.45, 2.75) is 110 Å². The van der Waals surface area contributed by atoms with Gasteiger partial charge < -0.3 is 24.0 Å². The molecule has 2 aliphatic heterocycles. The molecule has 0 bridgehead atoms. The number of carbonyl (C=O) groups is 4. The zero-order valence-corrected chi connectivity index (χ0v) is 31.3. The van der Waals surface area contributed by atoms with Gasteiger partial charge in [-0.2, -0.15) is 0 Å². The van der Waals surface area contributed by atoms with Gasteiger partial charge in [0.2, 0.25) is 5.91 Å². The van der Waals surface area contributed by atoms with Crippen LogP contribution in [0.25, 0.3) is 11.1 Å². The maximum Gasteiger partial charge on any atom is 0.410 e. The molecule has 4 rings (SSSR count). The average molecular weight is 709 g/mol. The number of carbonyl (C=O) groups excluding carboxylic acids is 4. The van der Waals surface area contributed by atoms with Crippen LogP contribution in [0.1, 0.15) is 104 Å². The van der Waals surface area contributed by atoms with Gasteiger partial charge in [-0.15, -0.1) is 0 Å². The molecule has 0 spiro atoms. The van der Waals surface area contributed by atoms with E-state index in [2.05, 4.69) is 4.98 Å². The minimum atomic E-state index is -0.670. The maximum atomic E-state index is 13.9. The number of ether oxygens (including phenoxy) is 3. The molecule has 2 aromatic rings. The highest BCUT2D eigenvalue weighted by atomic mass is 18.2. The Hall–Kier alpha value is -4.02. The number of rotatable bonds is 13. The monoisotopic (exact) mass is 708 g/mol. The maximum absolute atomic E-state index is 13.9. The molecule has 10 nitrogen and oxygen atoms in total. The van der Waals surface area contributed by atoms with Crippen LogP contribution in [0.2, 0.25) is 0 Å². The van der Waals surface area contributed by atoms with Gasteiger partial charge in [0.25, 0.3) is 0 Å². The molecule has 1 aromatic carbocycles. The quantitative estimate of drug-likeness (QED) is 0.196. The van der Waals surface area contributed by atoms with E-state index in [1.807, 2.05) is 64.6 Å². The Kier molecular flexibility index (Phi) is 14.0. The first-order valence-corrected chi connectivity index (χ1v) is 18.3. The summed E-state index contributed by atoms with van der Waals surface area (Å²) < 4.78 is 29.0. The molecule has 2 amide bonds. The minimum Gasteiger partial charge on any atom is -0.491 e. The molecule has 0 aliphatic carbocycles. The number of pyridine rings is 1. The van der Waals surface area contributed by atoms with Crippen LogP contribution in [0.15, 0.2) is 42.7 Å². The number of piperidine rings is 2. The molecular weight excluding hydrogens is 652 g/mol. The van der Waals surface area contributed by atoms with E-state index >= 15 is 0 Å². The summed E-state index contributed by atoms with van der Waals surface area (Å²) in [6.45, 7) is 12.7. The van der Waals surface area contributed by atoms with Crippen molar-refractivity contribution in [3.05, 3.63) is 48.3 Å². The van der Waals surface area contributed by atoms with Gasteiger partial charge in [0.1, 0.15) is 36.0 Å². The van der Waals surface area contributed by atoms with Gasteiger partial charge in [-0.05, 0) is 109 Å². The molecular formula is C40H56FN3O7. The Balaban J connectivity index is 1.37. The zero-order valence-electron chi connectivity index (χ0n) is 31.3. The van der Waals surface area contributed by atoms with Crippen molar-refractivity contribution in [3.63, 3.8) is 0 Å².